The molecule has 2 fully saturated rings. The number of rotatable bonds is 8. The molecule has 0 saturated carbocycles. The zero-order chi connectivity index (χ0) is 23.2. The summed E-state index contributed by atoms with van der Waals surface area (Å²) in [5.41, 5.74) is 0.996. The van der Waals surface area contributed by atoms with E-state index in [0.717, 1.165) is 13.1 Å². The van der Waals surface area contributed by atoms with E-state index in [1.807, 2.05) is 0 Å². The van der Waals surface area contributed by atoms with Crippen molar-refractivity contribution >= 4 is 17.4 Å². The van der Waals surface area contributed by atoms with Crippen molar-refractivity contribution in [2.45, 2.75) is 6.04 Å². The van der Waals surface area contributed by atoms with Gasteiger partial charge in [0.1, 0.15) is 25.4 Å². The molecule has 2 aliphatic heterocycles. The van der Waals surface area contributed by atoms with Crippen LogP contribution in [0.25, 0.3) is 5.76 Å². The highest BCUT2D eigenvalue weighted by atomic mass is 16.5. The fourth-order valence-corrected chi connectivity index (χ4v) is 4.20. The molecule has 1 atom stereocenters. The molecule has 0 aliphatic carbocycles. The van der Waals surface area contributed by atoms with Gasteiger partial charge < -0.3 is 24.4 Å². The minimum Gasteiger partial charge on any atom is -0.872 e. The van der Waals surface area contributed by atoms with Crippen LogP contribution in [0.15, 0.2) is 67.0 Å². The van der Waals surface area contributed by atoms with Crippen LogP contribution < -0.4 is 14.7 Å². The lowest BCUT2D eigenvalue weighted by Crippen LogP contribution is -3.14. The third-order valence-corrected chi connectivity index (χ3v) is 5.94. The average Bonchev–Trinajstić information content (AvgIpc) is 3.12. The molecule has 8 heteroatoms. The Kier molecular flexibility index (Phi) is 7.16. The molecule has 0 radical (unpaired) electrons. The first kappa shape index (κ1) is 22.7. The van der Waals surface area contributed by atoms with Crippen LogP contribution >= 0.6 is 0 Å². The maximum Gasteiger partial charge on any atom is 0.295 e. The Morgan fingerprint density at radius 1 is 1.18 bits per heavy atom. The van der Waals surface area contributed by atoms with Crippen molar-refractivity contribution in [1.82, 2.24) is 9.88 Å². The number of hydrogen-bond acceptors (Lipinski definition) is 6. The second kappa shape index (κ2) is 10.4. The van der Waals surface area contributed by atoms with Gasteiger partial charge in [-0.1, -0.05) is 30.5 Å². The van der Waals surface area contributed by atoms with Crippen molar-refractivity contribution in [3.63, 3.8) is 0 Å². The molecular formula is C25H27N3O5. The summed E-state index contributed by atoms with van der Waals surface area (Å²) in [5, 5.41) is 13.4. The van der Waals surface area contributed by atoms with E-state index in [1.165, 1.54) is 9.80 Å². The van der Waals surface area contributed by atoms with E-state index >= 15 is 0 Å². The van der Waals surface area contributed by atoms with Gasteiger partial charge in [0, 0.05) is 18.0 Å². The van der Waals surface area contributed by atoms with Crippen molar-refractivity contribution in [2.24, 2.45) is 0 Å². The minimum atomic E-state index is -0.745. The summed E-state index contributed by atoms with van der Waals surface area (Å²) in [6.07, 6.45) is 4.83. The van der Waals surface area contributed by atoms with E-state index < -0.39 is 23.5 Å². The Hall–Kier alpha value is -3.49. The summed E-state index contributed by atoms with van der Waals surface area (Å²) in [6, 6.07) is 9.29. The SMILES string of the molecule is C=CCOc1ccc(C([O-])=C2C(=O)C(=O)N(CC[NH+]3CCOCC3)C2c2ccncc2)cc1. The summed E-state index contributed by atoms with van der Waals surface area (Å²) >= 11 is 0. The summed E-state index contributed by atoms with van der Waals surface area (Å²) in [7, 11) is 0. The molecule has 1 N–H and O–H groups in total. The lowest BCUT2D eigenvalue weighted by molar-refractivity contribution is -0.907. The largest absolute Gasteiger partial charge is 0.872 e. The molecule has 2 saturated heterocycles. The molecule has 4 rings (SSSR count). The Bertz CT molecular complexity index is 1030. The second-order valence-corrected chi connectivity index (χ2v) is 7.99. The number of likely N-dealkylation sites (tertiary alicyclic amines) is 1. The maximum atomic E-state index is 13.4. The van der Waals surface area contributed by atoms with Gasteiger partial charge in [-0.3, -0.25) is 14.6 Å². The monoisotopic (exact) mass is 449 g/mol. The van der Waals surface area contributed by atoms with Gasteiger partial charge in [-0.25, -0.2) is 0 Å². The predicted molar refractivity (Wildman–Crippen MR) is 119 cm³/mol. The lowest BCUT2D eigenvalue weighted by Gasteiger charge is -2.30. The van der Waals surface area contributed by atoms with Crippen LogP contribution in [0.2, 0.25) is 0 Å². The number of hydrogen-bond donors (Lipinski definition) is 1. The zero-order valence-corrected chi connectivity index (χ0v) is 18.4. The molecule has 0 bridgehead atoms. The van der Waals surface area contributed by atoms with Crippen molar-refractivity contribution < 1.29 is 29.1 Å². The van der Waals surface area contributed by atoms with Gasteiger partial charge in [-0.15, -0.1) is 0 Å². The maximum absolute atomic E-state index is 13.4. The number of carbonyl (C=O) groups excluding carboxylic acids is 2. The third kappa shape index (κ3) is 4.97. The lowest BCUT2D eigenvalue weighted by atomic mass is 9.96. The first-order valence-electron chi connectivity index (χ1n) is 11.0. The molecule has 172 valence electrons. The molecule has 33 heavy (non-hydrogen) atoms. The van der Waals surface area contributed by atoms with Crippen molar-refractivity contribution in [1.29, 1.82) is 0 Å². The van der Waals surface area contributed by atoms with E-state index in [9.17, 15) is 14.7 Å². The molecule has 0 spiro atoms. The molecule has 1 amide bonds. The minimum absolute atomic E-state index is 0.0251. The number of aromatic nitrogens is 1. The summed E-state index contributed by atoms with van der Waals surface area (Å²) in [4.78, 5) is 32.9. The number of pyridine rings is 1. The molecule has 2 aliphatic rings. The van der Waals surface area contributed by atoms with Crippen LogP contribution in [0.4, 0.5) is 0 Å². The van der Waals surface area contributed by atoms with Gasteiger partial charge in [0.25, 0.3) is 5.91 Å². The van der Waals surface area contributed by atoms with Crippen LogP contribution in [0.1, 0.15) is 17.2 Å². The number of nitrogens with zero attached hydrogens (tertiary/aromatic N) is 2. The van der Waals surface area contributed by atoms with E-state index in [2.05, 4.69) is 11.6 Å². The van der Waals surface area contributed by atoms with Gasteiger partial charge in [-0.05, 0) is 35.4 Å². The Morgan fingerprint density at radius 2 is 1.88 bits per heavy atom. The number of Topliss-reactive ketones (excluding diaryl/α,β-unsaturated/α-hetero) is 1. The topological polar surface area (TPSA) is 96.2 Å². The standard InChI is InChI=1S/C25H27N3O5/c1-2-15-33-20-5-3-19(4-6-20)23(29)21-22(18-7-9-26-10-8-18)28(25(31)24(21)30)12-11-27-13-16-32-17-14-27/h2-10,22,29H,1,11-17H2. The van der Waals surface area contributed by atoms with Crippen molar-refractivity contribution in [3.05, 3.63) is 78.1 Å². The number of benzene rings is 1. The number of amides is 1. The average molecular weight is 450 g/mol. The molecular weight excluding hydrogens is 422 g/mol. The Morgan fingerprint density at radius 3 is 2.55 bits per heavy atom. The number of ketones is 1. The fraction of sp³-hybridized carbons (Fsp3) is 0.320. The van der Waals surface area contributed by atoms with E-state index in [1.54, 1.807) is 54.9 Å². The smallest absolute Gasteiger partial charge is 0.295 e. The second-order valence-electron chi connectivity index (χ2n) is 7.99. The third-order valence-electron chi connectivity index (χ3n) is 5.94. The van der Waals surface area contributed by atoms with Gasteiger partial charge >= 0.3 is 0 Å². The van der Waals surface area contributed by atoms with Gasteiger partial charge in [-0.2, -0.15) is 0 Å². The number of morpholine rings is 1. The normalized spacial score (nSPS) is 20.7. The Balaban J connectivity index is 1.66. The van der Waals surface area contributed by atoms with Crippen molar-refractivity contribution in [3.8, 4) is 5.75 Å². The molecule has 1 aromatic heterocycles. The highest BCUT2D eigenvalue weighted by molar-refractivity contribution is 6.46. The molecule has 2 aromatic rings. The predicted octanol–water partition coefficient (Wildman–Crippen LogP) is -0.214. The zero-order valence-electron chi connectivity index (χ0n) is 18.4. The van der Waals surface area contributed by atoms with Gasteiger partial charge in [0.05, 0.1) is 32.3 Å². The highest BCUT2D eigenvalue weighted by Gasteiger charge is 2.44. The molecule has 1 aromatic carbocycles. The van der Waals surface area contributed by atoms with Crippen LogP contribution in [-0.4, -0.2) is 67.6 Å². The summed E-state index contributed by atoms with van der Waals surface area (Å²) in [6.45, 7) is 8.08. The fourth-order valence-electron chi connectivity index (χ4n) is 4.20. The van der Waals surface area contributed by atoms with Crippen LogP contribution in [0, 0.1) is 0 Å². The van der Waals surface area contributed by atoms with Crippen molar-refractivity contribution in [2.75, 3.05) is 46.0 Å². The number of ether oxygens (including phenoxy) is 2. The first-order chi connectivity index (χ1) is 16.1. The quantitative estimate of drug-likeness (QED) is 0.259. The van der Waals surface area contributed by atoms with Crippen LogP contribution in [0.5, 0.6) is 5.75 Å². The molecule has 3 heterocycles. The Labute approximate surface area is 192 Å². The molecule has 8 nitrogen and oxygen atoms in total. The van der Waals surface area contributed by atoms with E-state index in [4.69, 9.17) is 9.47 Å². The van der Waals surface area contributed by atoms with Gasteiger partial charge in [0.2, 0.25) is 5.78 Å². The number of nitrogens with one attached hydrogen (secondary N) is 1. The van der Waals surface area contributed by atoms with Crippen LogP contribution in [0.3, 0.4) is 0 Å². The number of quaternary nitrogens is 1. The summed E-state index contributed by atoms with van der Waals surface area (Å²) in [5.74, 6) is -1.25. The summed E-state index contributed by atoms with van der Waals surface area (Å²) < 4.78 is 10.9. The number of carbonyl (C=O) groups is 2. The first-order valence-corrected chi connectivity index (χ1v) is 11.0. The van der Waals surface area contributed by atoms with E-state index in [0.29, 0.717) is 49.8 Å². The van der Waals surface area contributed by atoms with Crippen LogP contribution in [-0.2, 0) is 14.3 Å². The highest BCUT2D eigenvalue weighted by Crippen LogP contribution is 2.38. The van der Waals surface area contributed by atoms with Gasteiger partial charge in [0.15, 0.2) is 0 Å². The molecule has 1 unspecified atom stereocenters. The van der Waals surface area contributed by atoms with E-state index in [-0.39, 0.29) is 5.57 Å².